The quantitative estimate of drug-likeness (QED) is 0.837. The van der Waals surface area contributed by atoms with Crippen LogP contribution in [-0.2, 0) is 17.9 Å². The van der Waals surface area contributed by atoms with E-state index in [1.54, 1.807) is 7.11 Å². The number of aliphatic hydroxyl groups excluding tert-OH is 1. The van der Waals surface area contributed by atoms with E-state index in [4.69, 9.17) is 4.74 Å². The smallest absolute Gasteiger partial charge is 0.226 e. The molecule has 1 aliphatic carbocycles. The second-order valence-electron chi connectivity index (χ2n) is 7.49. The van der Waals surface area contributed by atoms with Crippen molar-refractivity contribution >= 4 is 5.91 Å². The Kier molecular flexibility index (Phi) is 6.51. The summed E-state index contributed by atoms with van der Waals surface area (Å²) < 4.78 is 5.23. The minimum Gasteiger partial charge on any atom is -0.497 e. The van der Waals surface area contributed by atoms with Crippen molar-refractivity contribution in [3.05, 3.63) is 65.2 Å². The van der Waals surface area contributed by atoms with Crippen LogP contribution in [0.5, 0.6) is 5.75 Å². The number of carbonyl (C=O) groups is 1. The van der Waals surface area contributed by atoms with E-state index in [1.165, 1.54) is 5.56 Å². The summed E-state index contributed by atoms with van der Waals surface area (Å²) in [5.41, 5.74) is 3.43. The van der Waals surface area contributed by atoms with E-state index >= 15 is 0 Å². The summed E-state index contributed by atoms with van der Waals surface area (Å²) in [5.74, 6) is 0.870. The molecular formula is C23H29NO3. The molecule has 4 nitrogen and oxygen atoms in total. The topological polar surface area (TPSA) is 49.8 Å². The lowest BCUT2D eigenvalue weighted by molar-refractivity contribution is -0.139. The van der Waals surface area contributed by atoms with Crippen molar-refractivity contribution in [2.75, 3.05) is 7.11 Å². The standard InChI is InChI=1S/C23H29NO3/c1-17-6-3-4-7-20(17)16-24(15-18-10-12-22(27-2)13-11-18)23(26)19-8-5-9-21(25)14-19/h3-4,6-7,10-13,19,21,25H,5,8-9,14-16H2,1-2H3/t19-,21-/m0/s1. The second kappa shape index (κ2) is 9.05. The van der Waals surface area contributed by atoms with Crippen LogP contribution in [0.25, 0.3) is 0 Å². The van der Waals surface area contributed by atoms with Crippen LogP contribution in [0, 0.1) is 12.8 Å². The van der Waals surface area contributed by atoms with Gasteiger partial charge in [0.15, 0.2) is 0 Å². The molecule has 1 N–H and O–H groups in total. The third kappa shape index (κ3) is 5.10. The zero-order valence-corrected chi connectivity index (χ0v) is 16.2. The number of carbonyl (C=O) groups excluding carboxylic acids is 1. The molecule has 3 rings (SSSR count). The average Bonchev–Trinajstić information content (AvgIpc) is 2.69. The molecular weight excluding hydrogens is 338 g/mol. The lowest BCUT2D eigenvalue weighted by Crippen LogP contribution is -2.38. The molecule has 1 fully saturated rings. The minimum atomic E-state index is -0.353. The van der Waals surface area contributed by atoms with Crippen molar-refractivity contribution in [3.8, 4) is 5.75 Å². The molecule has 0 unspecified atom stereocenters. The highest BCUT2D eigenvalue weighted by atomic mass is 16.5. The van der Waals surface area contributed by atoms with Gasteiger partial charge in [-0.15, -0.1) is 0 Å². The number of aliphatic hydroxyl groups is 1. The molecule has 1 aliphatic rings. The van der Waals surface area contributed by atoms with Gasteiger partial charge in [-0.25, -0.2) is 0 Å². The minimum absolute atomic E-state index is 0.0870. The first-order valence-electron chi connectivity index (χ1n) is 9.71. The van der Waals surface area contributed by atoms with Gasteiger partial charge in [-0.1, -0.05) is 42.8 Å². The number of benzene rings is 2. The Labute approximate surface area is 161 Å². The van der Waals surface area contributed by atoms with E-state index in [0.29, 0.717) is 19.5 Å². The molecule has 1 amide bonds. The van der Waals surface area contributed by atoms with Crippen LogP contribution in [0.4, 0.5) is 0 Å². The lowest BCUT2D eigenvalue weighted by atomic mass is 9.86. The van der Waals surface area contributed by atoms with Gasteiger partial charge in [-0.05, 0) is 55.0 Å². The van der Waals surface area contributed by atoms with E-state index < -0.39 is 0 Å². The van der Waals surface area contributed by atoms with Crippen molar-refractivity contribution in [1.82, 2.24) is 4.90 Å². The summed E-state index contributed by atoms with van der Waals surface area (Å²) in [6.07, 6.45) is 2.81. The van der Waals surface area contributed by atoms with Gasteiger partial charge in [0.1, 0.15) is 5.75 Å². The fraction of sp³-hybridized carbons (Fsp3) is 0.435. The summed E-state index contributed by atoms with van der Waals surface area (Å²) >= 11 is 0. The molecule has 2 aromatic rings. The number of rotatable bonds is 6. The van der Waals surface area contributed by atoms with Gasteiger partial charge in [0.2, 0.25) is 5.91 Å². The normalized spacial score (nSPS) is 19.5. The van der Waals surface area contributed by atoms with Crippen LogP contribution in [0.15, 0.2) is 48.5 Å². The maximum atomic E-state index is 13.3. The van der Waals surface area contributed by atoms with Crippen LogP contribution >= 0.6 is 0 Å². The molecule has 1 saturated carbocycles. The average molecular weight is 367 g/mol. The van der Waals surface area contributed by atoms with Gasteiger partial charge in [0, 0.05) is 19.0 Å². The van der Waals surface area contributed by atoms with Crippen LogP contribution < -0.4 is 4.74 Å². The van der Waals surface area contributed by atoms with E-state index in [2.05, 4.69) is 19.1 Å². The fourth-order valence-corrected chi connectivity index (χ4v) is 3.80. The zero-order valence-electron chi connectivity index (χ0n) is 16.2. The highest BCUT2D eigenvalue weighted by molar-refractivity contribution is 5.79. The Hall–Kier alpha value is -2.33. The fourth-order valence-electron chi connectivity index (χ4n) is 3.80. The number of hydrogen-bond acceptors (Lipinski definition) is 3. The van der Waals surface area contributed by atoms with Crippen molar-refractivity contribution in [3.63, 3.8) is 0 Å². The van der Waals surface area contributed by atoms with Gasteiger partial charge in [-0.3, -0.25) is 4.79 Å². The SMILES string of the molecule is COc1ccc(CN(Cc2ccccc2C)C(=O)[C@H]2CCC[C@H](O)C2)cc1. The van der Waals surface area contributed by atoms with Crippen molar-refractivity contribution < 1.29 is 14.6 Å². The maximum Gasteiger partial charge on any atom is 0.226 e. The molecule has 0 heterocycles. The number of methoxy groups -OCH3 is 1. The molecule has 0 bridgehead atoms. The monoisotopic (exact) mass is 367 g/mol. The number of amides is 1. The van der Waals surface area contributed by atoms with Crippen molar-refractivity contribution in [2.45, 2.75) is 51.8 Å². The van der Waals surface area contributed by atoms with Crippen LogP contribution in [0.1, 0.15) is 42.4 Å². The number of aryl methyl sites for hydroxylation is 1. The molecule has 0 aromatic heterocycles. The summed E-state index contributed by atoms with van der Waals surface area (Å²) in [7, 11) is 1.65. The second-order valence-corrected chi connectivity index (χ2v) is 7.49. The Bertz CT molecular complexity index is 756. The first-order chi connectivity index (χ1) is 13.1. The molecule has 4 heteroatoms. The van der Waals surface area contributed by atoms with Crippen molar-refractivity contribution in [1.29, 1.82) is 0 Å². The number of nitrogens with zero attached hydrogens (tertiary/aromatic N) is 1. The Balaban J connectivity index is 1.80. The molecule has 0 saturated heterocycles. The molecule has 0 spiro atoms. The third-order valence-electron chi connectivity index (χ3n) is 5.46. The number of ether oxygens (including phenoxy) is 1. The van der Waals surface area contributed by atoms with E-state index in [1.807, 2.05) is 41.3 Å². The third-order valence-corrected chi connectivity index (χ3v) is 5.46. The lowest BCUT2D eigenvalue weighted by Gasteiger charge is -2.31. The molecule has 2 aromatic carbocycles. The van der Waals surface area contributed by atoms with Crippen LogP contribution in [0.2, 0.25) is 0 Å². The number of hydrogen-bond donors (Lipinski definition) is 1. The predicted octanol–water partition coefficient (Wildman–Crippen LogP) is 4.08. The van der Waals surface area contributed by atoms with Gasteiger partial charge in [0.05, 0.1) is 13.2 Å². The first kappa shape index (κ1) is 19.4. The van der Waals surface area contributed by atoms with Crippen LogP contribution in [-0.4, -0.2) is 29.1 Å². The molecule has 144 valence electrons. The van der Waals surface area contributed by atoms with E-state index in [-0.39, 0.29) is 17.9 Å². The van der Waals surface area contributed by atoms with Gasteiger partial charge < -0.3 is 14.7 Å². The summed E-state index contributed by atoms with van der Waals surface area (Å²) in [4.78, 5) is 15.2. The molecule has 0 aliphatic heterocycles. The molecule has 27 heavy (non-hydrogen) atoms. The highest BCUT2D eigenvalue weighted by Crippen LogP contribution is 2.28. The van der Waals surface area contributed by atoms with Gasteiger partial charge in [0.25, 0.3) is 0 Å². The van der Waals surface area contributed by atoms with Gasteiger partial charge >= 0.3 is 0 Å². The zero-order chi connectivity index (χ0) is 19.2. The molecule has 2 atom stereocenters. The van der Waals surface area contributed by atoms with Crippen molar-refractivity contribution in [2.24, 2.45) is 5.92 Å². The first-order valence-corrected chi connectivity index (χ1v) is 9.71. The van der Waals surface area contributed by atoms with E-state index in [9.17, 15) is 9.90 Å². The van der Waals surface area contributed by atoms with Crippen LogP contribution in [0.3, 0.4) is 0 Å². The Morgan fingerprint density at radius 2 is 1.85 bits per heavy atom. The highest BCUT2D eigenvalue weighted by Gasteiger charge is 2.29. The Morgan fingerprint density at radius 1 is 1.11 bits per heavy atom. The molecule has 0 radical (unpaired) electrons. The van der Waals surface area contributed by atoms with E-state index in [0.717, 1.165) is 36.1 Å². The van der Waals surface area contributed by atoms with Gasteiger partial charge in [-0.2, -0.15) is 0 Å². The summed E-state index contributed by atoms with van der Waals surface area (Å²) in [6.45, 7) is 3.23. The summed E-state index contributed by atoms with van der Waals surface area (Å²) in [5, 5.41) is 10.0. The Morgan fingerprint density at radius 3 is 2.52 bits per heavy atom. The maximum absolute atomic E-state index is 13.3. The summed E-state index contributed by atoms with van der Waals surface area (Å²) in [6, 6.07) is 16.1. The predicted molar refractivity (Wildman–Crippen MR) is 106 cm³/mol. The largest absolute Gasteiger partial charge is 0.497 e.